The van der Waals surface area contributed by atoms with E-state index in [2.05, 4.69) is 18.8 Å². The quantitative estimate of drug-likeness (QED) is 0.456. The van der Waals surface area contributed by atoms with Crippen LogP contribution < -0.4 is 0 Å². The molecule has 0 aromatic rings. The zero-order valence-electron chi connectivity index (χ0n) is 4.91. The molecule has 0 atom stereocenters. The van der Waals surface area contributed by atoms with E-state index in [4.69, 9.17) is 0 Å². The van der Waals surface area contributed by atoms with Crippen molar-refractivity contribution in [3.05, 3.63) is 12.3 Å². The topological polar surface area (TPSA) is 0 Å². The molecule has 1 saturated heterocycles. The summed E-state index contributed by atoms with van der Waals surface area (Å²) in [6, 6.07) is 2.99. The Labute approximate surface area is 46.2 Å². The predicted molar refractivity (Wildman–Crippen MR) is 36.0 cm³/mol. The maximum atomic E-state index is 3.82. The van der Waals surface area contributed by atoms with Crippen LogP contribution in [0, 0.1) is 0 Å². The fourth-order valence-electron chi connectivity index (χ4n) is 0.939. The van der Waals surface area contributed by atoms with E-state index in [1.54, 1.807) is 0 Å². The molecule has 0 aromatic heterocycles. The first kappa shape index (κ1) is 5.10. The monoisotopic (exact) mass is 112 g/mol. The van der Waals surface area contributed by atoms with Gasteiger partial charge in [-0.1, -0.05) is 25.1 Å². The highest BCUT2D eigenvalue weighted by atomic mass is 28.3. The van der Waals surface area contributed by atoms with Gasteiger partial charge >= 0.3 is 0 Å². The average molecular weight is 112 g/mol. The van der Waals surface area contributed by atoms with Crippen LogP contribution >= 0.6 is 0 Å². The summed E-state index contributed by atoms with van der Waals surface area (Å²) in [4.78, 5) is 0. The highest BCUT2D eigenvalue weighted by Gasteiger charge is 2.30. The third kappa shape index (κ3) is 0.777. The van der Waals surface area contributed by atoms with Crippen LogP contribution in [0.1, 0.15) is 6.42 Å². The molecule has 40 valence electrons. The van der Waals surface area contributed by atoms with Gasteiger partial charge in [-0.05, 0) is 0 Å². The molecule has 1 aliphatic heterocycles. The zero-order chi connectivity index (χ0) is 5.33. The Hall–Kier alpha value is -0.0431. The van der Waals surface area contributed by atoms with E-state index in [1.807, 2.05) is 0 Å². The van der Waals surface area contributed by atoms with Gasteiger partial charge in [0.15, 0.2) is 0 Å². The lowest BCUT2D eigenvalue weighted by molar-refractivity contribution is 0.916. The lowest BCUT2D eigenvalue weighted by atomic mass is 10.5. The van der Waals surface area contributed by atoms with Crippen LogP contribution in [-0.2, 0) is 0 Å². The summed E-state index contributed by atoms with van der Waals surface area (Å²) >= 11 is 0. The van der Waals surface area contributed by atoms with Crippen LogP contribution in [0.25, 0.3) is 0 Å². The Morgan fingerprint density at radius 2 is 2.14 bits per heavy atom. The minimum absolute atomic E-state index is 0.707. The molecule has 7 heavy (non-hydrogen) atoms. The van der Waals surface area contributed by atoms with Gasteiger partial charge in [-0.3, -0.25) is 0 Å². The summed E-state index contributed by atoms with van der Waals surface area (Å²) in [5.41, 5.74) is 2.22. The Morgan fingerprint density at radius 1 is 1.57 bits per heavy atom. The van der Waals surface area contributed by atoms with E-state index in [0.717, 1.165) is 0 Å². The molecule has 0 spiro atoms. The minimum atomic E-state index is -0.707. The molecular weight excluding hydrogens is 100 g/mol. The molecule has 0 N–H and O–H groups in total. The summed E-state index contributed by atoms with van der Waals surface area (Å²) in [6.45, 7) is 6.22. The Kier molecular flexibility index (Phi) is 1.08. The SMILES string of the molecule is C=C[Si]1(C)CCC1. The number of hydrogen-bond acceptors (Lipinski definition) is 0. The van der Waals surface area contributed by atoms with Gasteiger partial charge in [0.05, 0.1) is 8.07 Å². The van der Waals surface area contributed by atoms with Crippen molar-refractivity contribution in [1.29, 1.82) is 0 Å². The number of hydrogen-bond donors (Lipinski definition) is 0. The van der Waals surface area contributed by atoms with Gasteiger partial charge in [0.2, 0.25) is 0 Å². The second-order valence-corrected chi connectivity index (χ2v) is 7.43. The van der Waals surface area contributed by atoms with Crippen LogP contribution in [-0.4, -0.2) is 8.07 Å². The van der Waals surface area contributed by atoms with E-state index in [0.29, 0.717) is 0 Å². The molecule has 0 nitrogen and oxygen atoms in total. The molecule has 0 unspecified atom stereocenters. The van der Waals surface area contributed by atoms with E-state index in [1.165, 1.54) is 18.5 Å². The molecule has 1 heterocycles. The molecule has 0 aromatic carbocycles. The fourth-order valence-corrected chi connectivity index (χ4v) is 2.82. The molecule has 0 aliphatic carbocycles. The highest BCUT2D eigenvalue weighted by molar-refractivity contribution is 6.85. The second kappa shape index (κ2) is 1.48. The van der Waals surface area contributed by atoms with Crippen LogP contribution in [0.2, 0.25) is 18.6 Å². The van der Waals surface area contributed by atoms with E-state index in [9.17, 15) is 0 Å². The van der Waals surface area contributed by atoms with Gasteiger partial charge in [0.25, 0.3) is 0 Å². The Balaban J connectivity index is 2.43. The molecule has 0 saturated carbocycles. The normalized spacial score (nSPS) is 25.9. The average Bonchev–Trinajstić information content (AvgIpc) is 1.61. The Morgan fingerprint density at radius 3 is 2.14 bits per heavy atom. The van der Waals surface area contributed by atoms with Crippen LogP contribution in [0.4, 0.5) is 0 Å². The molecule has 1 aliphatic rings. The third-order valence-electron chi connectivity index (χ3n) is 1.99. The summed E-state index contributed by atoms with van der Waals surface area (Å²) in [5.74, 6) is 0. The van der Waals surface area contributed by atoms with Gasteiger partial charge in [0, 0.05) is 0 Å². The van der Waals surface area contributed by atoms with Crippen LogP contribution in [0.15, 0.2) is 12.3 Å². The summed E-state index contributed by atoms with van der Waals surface area (Å²) in [6.07, 6.45) is 1.47. The molecule has 0 amide bonds. The zero-order valence-corrected chi connectivity index (χ0v) is 5.91. The van der Waals surface area contributed by atoms with Crippen molar-refractivity contribution in [2.75, 3.05) is 0 Å². The molecule has 0 bridgehead atoms. The van der Waals surface area contributed by atoms with Crippen LogP contribution in [0.5, 0.6) is 0 Å². The van der Waals surface area contributed by atoms with E-state index < -0.39 is 8.07 Å². The first-order valence-electron chi connectivity index (χ1n) is 2.90. The van der Waals surface area contributed by atoms with Crippen molar-refractivity contribution < 1.29 is 0 Å². The van der Waals surface area contributed by atoms with Crippen molar-refractivity contribution in [1.82, 2.24) is 0 Å². The predicted octanol–water partition coefficient (Wildman–Crippen LogP) is 2.19. The lowest BCUT2D eigenvalue weighted by Gasteiger charge is -2.32. The number of rotatable bonds is 1. The third-order valence-corrected chi connectivity index (χ3v) is 5.97. The maximum absolute atomic E-state index is 3.82. The minimum Gasteiger partial charge on any atom is -0.107 e. The molecule has 0 radical (unpaired) electrons. The molecule has 1 heteroatoms. The maximum Gasteiger partial charge on any atom is 0.0739 e. The largest absolute Gasteiger partial charge is 0.107 e. The first-order valence-corrected chi connectivity index (χ1v) is 5.90. The first-order chi connectivity index (χ1) is 3.27. The van der Waals surface area contributed by atoms with Gasteiger partial charge in [-0.25, -0.2) is 0 Å². The Bertz CT molecular complexity index is 82.2. The van der Waals surface area contributed by atoms with Crippen molar-refractivity contribution in [2.45, 2.75) is 25.1 Å². The molecule has 1 fully saturated rings. The summed E-state index contributed by atoms with van der Waals surface area (Å²) in [7, 11) is -0.707. The van der Waals surface area contributed by atoms with Gasteiger partial charge in [0.1, 0.15) is 0 Å². The smallest absolute Gasteiger partial charge is 0.0739 e. The van der Waals surface area contributed by atoms with Gasteiger partial charge in [-0.2, -0.15) is 0 Å². The fraction of sp³-hybridized carbons (Fsp3) is 0.667. The summed E-state index contributed by atoms with van der Waals surface area (Å²) in [5, 5.41) is 0. The highest BCUT2D eigenvalue weighted by Crippen LogP contribution is 2.32. The van der Waals surface area contributed by atoms with Gasteiger partial charge < -0.3 is 0 Å². The van der Waals surface area contributed by atoms with E-state index >= 15 is 0 Å². The van der Waals surface area contributed by atoms with Crippen LogP contribution in [0.3, 0.4) is 0 Å². The van der Waals surface area contributed by atoms with Crippen molar-refractivity contribution in [3.8, 4) is 0 Å². The second-order valence-electron chi connectivity index (χ2n) is 2.71. The standard InChI is InChI=1S/C6H12Si/c1-3-7(2)5-4-6-7/h3H,1,4-6H2,2H3. The lowest BCUT2D eigenvalue weighted by Crippen LogP contribution is -2.34. The van der Waals surface area contributed by atoms with Crippen molar-refractivity contribution >= 4 is 8.07 Å². The van der Waals surface area contributed by atoms with Crippen molar-refractivity contribution in [2.24, 2.45) is 0 Å². The molecule has 1 rings (SSSR count). The van der Waals surface area contributed by atoms with Gasteiger partial charge in [-0.15, -0.1) is 12.3 Å². The summed E-state index contributed by atoms with van der Waals surface area (Å²) < 4.78 is 0. The van der Waals surface area contributed by atoms with E-state index in [-0.39, 0.29) is 0 Å². The molecular formula is C6H12Si. The van der Waals surface area contributed by atoms with Crippen molar-refractivity contribution in [3.63, 3.8) is 0 Å².